The monoisotopic (exact) mass is 314 g/mol. The van der Waals surface area contributed by atoms with E-state index in [1.165, 1.54) is 6.92 Å². The van der Waals surface area contributed by atoms with E-state index in [1.54, 1.807) is 12.1 Å². The van der Waals surface area contributed by atoms with Gasteiger partial charge in [0.25, 0.3) is 0 Å². The molecule has 0 bridgehead atoms. The highest BCUT2D eigenvalue weighted by atomic mass is 32.2. The Morgan fingerprint density at radius 1 is 1.14 bits per heavy atom. The fraction of sp³-hybridized carbons (Fsp3) is 0.625. The van der Waals surface area contributed by atoms with Crippen molar-refractivity contribution in [1.82, 2.24) is 0 Å². The molecular weight excluding hydrogens is 288 g/mol. The third kappa shape index (κ3) is 5.32. The zero-order chi connectivity index (χ0) is 16.5. The van der Waals surface area contributed by atoms with Gasteiger partial charge in [0.05, 0.1) is 0 Å². The second-order valence-corrected chi connectivity index (χ2v) is 9.01. The van der Waals surface area contributed by atoms with Crippen molar-refractivity contribution in [3.63, 3.8) is 0 Å². The van der Waals surface area contributed by atoms with E-state index in [1.807, 2.05) is 12.1 Å². The van der Waals surface area contributed by atoms with E-state index in [2.05, 4.69) is 34.6 Å². The fourth-order valence-corrected chi connectivity index (χ4v) is 3.01. The zero-order valence-corrected chi connectivity index (χ0v) is 14.5. The molecule has 5 heteroatoms. The molecule has 0 aliphatic rings. The summed E-state index contributed by atoms with van der Waals surface area (Å²) in [5.41, 5.74) is -0.390. The lowest BCUT2D eigenvalue weighted by Gasteiger charge is -2.34. The number of hydrogen-bond acceptors (Lipinski definition) is 3. The molecule has 0 heterocycles. The minimum absolute atomic E-state index is 0.130. The summed E-state index contributed by atoms with van der Waals surface area (Å²) in [4.78, 5) is 0. The lowest BCUT2D eigenvalue weighted by molar-refractivity contribution is 0.250. The van der Waals surface area contributed by atoms with Crippen LogP contribution in [0.5, 0.6) is 5.75 Å². The van der Waals surface area contributed by atoms with Crippen LogP contribution in [0.2, 0.25) is 0 Å². The maximum atomic E-state index is 11.2. The van der Waals surface area contributed by atoms with Gasteiger partial charge in [-0.25, -0.2) is 0 Å². The lowest BCUT2D eigenvalue weighted by atomic mass is 9.72. The van der Waals surface area contributed by atoms with Gasteiger partial charge in [0.15, 0.2) is 0 Å². The minimum atomic E-state index is -4.22. The van der Waals surface area contributed by atoms with Gasteiger partial charge in [0.1, 0.15) is 5.75 Å². The van der Waals surface area contributed by atoms with Crippen LogP contribution in [-0.2, 0) is 15.5 Å². The van der Waals surface area contributed by atoms with Crippen molar-refractivity contribution in [2.75, 3.05) is 0 Å². The van der Waals surface area contributed by atoms with Crippen LogP contribution >= 0.6 is 0 Å². The van der Waals surface area contributed by atoms with E-state index in [9.17, 15) is 8.42 Å². The molecule has 1 aromatic carbocycles. The van der Waals surface area contributed by atoms with Crippen LogP contribution in [-0.4, -0.2) is 18.4 Å². The Labute approximate surface area is 128 Å². The number of para-hydroxylation sites is 1. The first-order valence-electron chi connectivity index (χ1n) is 7.05. The Balaban J connectivity index is 3.15. The maximum Gasteiger partial charge on any atom is 0.303 e. The van der Waals surface area contributed by atoms with Gasteiger partial charge in [0, 0.05) is 0 Å². The summed E-state index contributed by atoms with van der Waals surface area (Å²) in [6, 6.07) is 7.38. The van der Waals surface area contributed by atoms with Crippen LogP contribution in [0.3, 0.4) is 0 Å². The number of benzene rings is 1. The van der Waals surface area contributed by atoms with Crippen molar-refractivity contribution in [2.45, 2.75) is 58.8 Å². The predicted molar refractivity (Wildman–Crippen MR) is 85.2 cm³/mol. The third-order valence-electron chi connectivity index (χ3n) is 3.30. The van der Waals surface area contributed by atoms with Crippen LogP contribution in [0, 0.1) is 5.41 Å². The molecule has 4 nitrogen and oxygen atoms in total. The largest absolute Gasteiger partial charge is 0.472 e. The SMILES string of the molecule is CC(Oc1ccccc1C(C)(C)CC(C)(C)C)S(=O)(=O)O. The van der Waals surface area contributed by atoms with Gasteiger partial charge < -0.3 is 4.74 Å². The molecule has 1 aromatic rings. The second-order valence-electron chi connectivity index (χ2n) is 7.32. The average molecular weight is 314 g/mol. The van der Waals surface area contributed by atoms with Gasteiger partial charge in [-0.05, 0) is 35.8 Å². The summed E-state index contributed by atoms with van der Waals surface area (Å²) < 4.78 is 36.9. The first-order chi connectivity index (χ1) is 9.33. The Hall–Kier alpha value is -1.07. The third-order valence-corrected chi connectivity index (χ3v) is 4.24. The van der Waals surface area contributed by atoms with E-state index in [-0.39, 0.29) is 10.8 Å². The quantitative estimate of drug-likeness (QED) is 0.834. The van der Waals surface area contributed by atoms with Crippen LogP contribution in [0.1, 0.15) is 53.5 Å². The topological polar surface area (TPSA) is 63.6 Å². The zero-order valence-electron chi connectivity index (χ0n) is 13.7. The van der Waals surface area contributed by atoms with Crippen molar-refractivity contribution in [2.24, 2.45) is 5.41 Å². The number of ether oxygens (including phenoxy) is 1. The van der Waals surface area contributed by atoms with Gasteiger partial charge in [-0.2, -0.15) is 8.42 Å². The van der Waals surface area contributed by atoms with Gasteiger partial charge in [0.2, 0.25) is 5.44 Å². The van der Waals surface area contributed by atoms with E-state index < -0.39 is 15.6 Å². The van der Waals surface area contributed by atoms with Gasteiger partial charge in [-0.1, -0.05) is 52.8 Å². The molecule has 0 saturated heterocycles. The van der Waals surface area contributed by atoms with Gasteiger partial charge >= 0.3 is 10.1 Å². The average Bonchev–Trinajstić information content (AvgIpc) is 2.24. The standard InChI is InChI=1S/C16H26O4S/c1-12(21(17,18)19)20-14-10-8-7-9-13(14)16(5,6)11-15(2,3)4/h7-10,12H,11H2,1-6H3,(H,17,18,19). The molecule has 0 saturated carbocycles. The Morgan fingerprint density at radius 2 is 1.67 bits per heavy atom. The van der Waals surface area contributed by atoms with Gasteiger partial charge in [-0.3, -0.25) is 4.55 Å². The molecule has 0 aliphatic heterocycles. The molecule has 120 valence electrons. The second kappa shape index (κ2) is 5.97. The lowest BCUT2D eigenvalue weighted by Crippen LogP contribution is -2.28. The molecule has 0 radical (unpaired) electrons. The van der Waals surface area contributed by atoms with Crippen LogP contribution in [0.25, 0.3) is 0 Å². The molecule has 21 heavy (non-hydrogen) atoms. The summed E-state index contributed by atoms with van der Waals surface area (Å²) in [7, 11) is -4.22. The summed E-state index contributed by atoms with van der Waals surface area (Å²) in [5.74, 6) is 0.497. The summed E-state index contributed by atoms with van der Waals surface area (Å²) in [6.07, 6.45) is 0.917. The summed E-state index contributed by atoms with van der Waals surface area (Å²) >= 11 is 0. The van der Waals surface area contributed by atoms with Crippen molar-refractivity contribution in [3.05, 3.63) is 29.8 Å². The summed E-state index contributed by atoms with van der Waals surface area (Å²) in [5, 5.41) is 0. The van der Waals surface area contributed by atoms with E-state index in [0.29, 0.717) is 5.75 Å². The highest BCUT2D eigenvalue weighted by Crippen LogP contribution is 2.40. The smallest absolute Gasteiger partial charge is 0.303 e. The van der Waals surface area contributed by atoms with Crippen molar-refractivity contribution in [3.8, 4) is 5.75 Å². The maximum absolute atomic E-state index is 11.2. The molecule has 0 spiro atoms. The minimum Gasteiger partial charge on any atom is -0.472 e. The highest BCUT2D eigenvalue weighted by molar-refractivity contribution is 7.86. The van der Waals surface area contributed by atoms with E-state index >= 15 is 0 Å². The number of rotatable bonds is 5. The molecule has 0 aromatic heterocycles. The Morgan fingerprint density at radius 3 is 2.14 bits per heavy atom. The molecule has 0 fully saturated rings. The van der Waals surface area contributed by atoms with E-state index in [4.69, 9.17) is 9.29 Å². The fourth-order valence-electron chi connectivity index (χ4n) is 2.79. The molecule has 1 unspecified atom stereocenters. The van der Waals surface area contributed by atoms with Crippen LogP contribution in [0.4, 0.5) is 0 Å². The van der Waals surface area contributed by atoms with Crippen molar-refractivity contribution in [1.29, 1.82) is 0 Å². The molecule has 0 amide bonds. The first-order valence-corrected chi connectivity index (χ1v) is 8.56. The van der Waals surface area contributed by atoms with Crippen LogP contribution < -0.4 is 4.74 Å². The Kier molecular flexibility index (Phi) is 5.11. The van der Waals surface area contributed by atoms with Crippen LogP contribution in [0.15, 0.2) is 24.3 Å². The summed E-state index contributed by atoms with van der Waals surface area (Å²) in [6.45, 7) is 12.0. The number of hydrogen-bond donors (Lipinski definition) is 1. The van der Waals surface area contributed by atoms with Crippen molar-refractivity contribution >= 4 is 10.1 Å². The molecular formula is C16H26O4S. The van der Waals surface area contributed by atoms with Gasteiger partial charge in [-0.15, -0.1) is 0 Å². The first kappa shape index (κ1) is 18.0. The molecule has 1 atom stereocenters. The highest BCUT2D eigenvalue weighted by Gasteiger charge is 2.31. The van der Waals surface area contributed by atoms with E-state index in [0.717, 1.165) is 12.0 Å². The predicted octanol–water partition coefficient (Wildman–Crippen LogP) is 4.01. The van der Waals surface area contributed by atoms with Crippen molar-refractivity contribution < 1.29 is 17.7 Å². The Bertz CT molecular complexity index is 583. The molecule has 1 rings (SSSR count). The molecule has 1 N–H and O–H groups in total. The molecule has 0 aliphatic carbocycles. The normalized spacial score (nSPS) is 14.8.